The molecule has 0 bridgehead atoms. The van der Waals surface area contributed by atoms with Crippen molar-refractivity contribution in [2.75, 3.05) is 10.6 Å². The molecule has 0 aliphatic rings. The molecule has 2 aromatic carbocycles. The fraction of sp³-hybridized carbons (Fsp3) is 0.176. The van der Waals surface area contributed by atoms with Crippen molar-refractivity contribution < 1.29 is 22.4 Å². The van der Waals surface area contributed by atoms with E-state index in [1.807, 2.05) is 0 Å². The molecule has 9 heteroatoms. The van der Waals surface area contributed by atoms with Crippen molar-refractivity contribution in [1.29, 1.82) is 0 Å². The molecular formula is C17H18FN3O4S. The standard InChI is InChI=1S/C17H18FN3O4S/c1-11(21-26(24,25)16-9-3-13(18)4-10-16)17(23)20-15-7-5-14(6-8-15)19-12(2)22/h3-11,21H,1-2H3,(H,19,22)(H,20,23)/t11-/m1/s1. The van der Waals surface area contributed by atoms with Crippen molar-refractivity contribution in [3.63, 3.8) is 0 Å². The second kappa shape index (κ2) is 8.07. The zero-order valence-corrected chi connectivity index (χ0v) is 14.9. The molecule has 0 saturated heterocycles. The third-order valence-corrected chi connectivity index (χ3v) is 4.88. The van der Waals surface area contributed by atoms with Crippen LogP contribution in [0, 0.1) is 5.82 Å². The number of nitrogens with one attached hydrogen (secondary N) is 3. The maximum atomic E-state index is 12.9. The lowest BCUT2D eigenvalue weighted by molar-refractivity contribution is -0.117. The van der Waals surface area contributed by atoms with Gasteiger partial charge in [-0.15, -0.1) is 0 Å². The Morgan fingerprint density at radius 1 is 0.923 bits per heavy atom. The lowest BCUT2D eigenvalue weighted by atomic mass is 10.2. The fourth-order valence-electron chi connectivity index (χ4n) is 2.06. The number of hydrogen-bond donors (Lipinski definition) is 3. The Morgan fingerprint density at radius 3 is 1.92 bits per heavy atom. The highest BCUT2D eigenvalue weighted by Crippen LogP contribution is 2.14. The van der Waals surface area contributed by atoms with Crippen LogP contribution in [0.15, 0.2) is 53.4 Å². The molecule has 0 spiro atoms. The van der Waals surface area contributed by atoms with Crippen LogP contribution in [0.2, 0.25) is 0 Å². The Bertz CT molecular complexity index is 897. The van der Waals surface area contributed by atoms with E-state index in [0.29, 0.717) is 11.4 Å². The van der Waals surface area contributed by atoms with E-state index in [1.54, 1.807) is 24.3 Å². The predicted molar refractivity (Wildman–Crippen MR) is 95.6 cm³/mol. The first-order chi connectivity index (χ1) is 12.2. The number of sulfonamides is 1. The summed E-state index contributed by atoms with van der Waals surface area (Å²) in [6.45, 7) is 2.77. The first-order valence-corrected chi connectivity index (χ1v) is 9.12. The number of rotatable bonds is 6. The molecule has 2 amide bonds. The zero-order chi connectivity index (χ0) is 19.3. The minimum Gasteiger partial charge on any atom is -0.326 e. The van der Waals surface area contributed by atoms with Crippen LogP contribution in [0.25, 0.3) is 0 Å². The van der Waals surface area contributed by atoms with E-state index in [-0.39, 0.29) is 10.8 Å². The summed E-state index contributed by atoms with van der Waals surface area (Å²) in [6.07, 6.45) is 0. The molecule has 0 aliphatic carbocycles. The largest absolute Gasteiger partial charge is 0.326 e. The van der Waals surface area contributed by atoms with Crippen LogP contribution < -0.4 is 15.4 Å². The average Bonchev–Trinajstić information content (AvgIpc) is 2.56. The molecule has 7 nitrogen and oxygen atoms in total. The van der Waals surface area contributed by atoms with Crippen LogP contribution in [0.3, 0.4) is 0 Å². The molecule has 0 fully saturated rings. The highest BCUT2D eigenvalue weighted by atomic mass is 32.2. The van der Waals surface area contributed by atoms with Gasteiger partial charge >= 0.3 is 0 Å². The fourth-order valence-corrected chi connectivity index (χ4v) is 3.26. The van der Waals surface area contributed by atoms with E-state index in [4.69, 9.17) is 0 Å². The Kier molecular flexibility index (Phi) is 6.06. The van der Waals surface area contributed by atoms with Crippen molar-refractivity contribution in [1.82, 2.24) is 4.72 Å². The topological polar surface area (TPSA) is 104 Å². The molecule has 1 atom stereocenters. The second-order valence-corrected chi connectivity index (χ2v) is 7.26. The molecule has 0 aliphatic heterocycles. The third-order valence-electron chi connectivity index (χ3n) is 3.32. The van der Waals surface area contributed by atoms with Gasteiger partial charge in [0, 0.05) is 18.3 Å². The van der Waals surface area contributed by atoms with Gasteiger partial charge in [0.2, 0.25) is 21.8 Å². The summed E-state index contributed by atoms with van der Waals surface area (Å²) < 4.78 is 39.5. The summed E-state index contributed by atoms with van der Waals surface area (Å²) in [5.74, 6) is -1.34. The van der Waals surface area contributed by atoms with Crippen molar-refractivity contribution in [2.24, 2.45) is 0 Å². The van der Waals surface area contributed by atoms with Crippen molar-refractivity contribution >= 4 is 33.2 Å². The first kappa shape index (κ1) is 19.5. The second-order valence-electron chi connectivity index (χ2n) is 5.54. The molecule has 0 saturated carbocycles. The van der Waals surface area contributed by atoms with E-state index >= 15 is 0 Å². The third kappa shape index (κ3) is 5.36. The Labute approximate surface area is 150 Å². The number of anilines is 2. The van der Waals surface area contributed by atoms with Crippen LogP contribution >= 0.6 is 0 Å². The Hall–Kier alpha value is -2.78. The van der Waals surface area contributed by atoms with Crippen LogP contribution in [-0.4, -0.2) is 26.3 Å². The molecule has 2 aromatic rings. The van der Waals surface area contributed by atoms with E-state index in [9.17, 15) is 22.4 Å². The van der Waals surface area contributed by atoms with Gasteiger partial charge in [-0.25, -0.2) is 12.8 Å². The first-order valence-electron chi connectivity index (χ1n) is 7.64. The lowest BCUT2D eigenvalue weighted by Gasteiger charge is -2.15. The van der Waals surface area contributed by atoms with Crippen LogP contribution in [0.1, 0.15) is 13.8 Å². The number of carbonyl (C=O) groups excluding carboxylic acids is 2. The SMILES string of the molecule is CC(=O)Nc1ccc(NC(=O)[C@@H](C)NS(=O)(=O)c2ccc(F)cc2)cc1. The average molecular weight is 379 g/mol. The highest BCUT2D eigenvalue weighted by Gasteiger charge is 2.22. The van der Waals surface area contributed by atoms with Crippen LogP contribution in [-0.2, 0) is 19.6 Å². The van der Waals surface area contributed by atoms with Crippen molar-refractivity contribution in [2.45, 2.75) is 24.8 Å². The summed E-state index contributed by atoms with van der Waals surface area (Å²) in [7, 11) is -3.96. The van der Waals surface area contributed by atoms with Gasteiger partial charge in [-0.3, -0.25) is 9.59 Å². The number of benzene rings is 2. The van der Waals surface area contributed by atoms with Crippen molar-refractivity contribution in [3.8, 4) is 0 Å². The number of halogens is 1. The molecular weight excluding hydrogens is 361 g/mol. The van der Waals surface area contributed by atoms with E-state index in [2.05, 4.69) is 15.4 Å². The van der Waals surface area contributed by atoms with Gasteiger partial charge in [0.05, 0.1) is 10.9 Å². The molecule has 2 rings (SSSR count). The van der Waals surface area contributed by atoms with Gasteiger partial charge in [-0.2, -0.15) is 4.72 Å². The van der Waals surface area contributed by atoms with E-state index in [1.165, 1.54) is 13.8 Å². The number of carbonyl (C=O) groups is 2. The van der Waals surface area contributed by atoms with Gasteiger partial charge in [-0.05, 0) is 55.5 Å². The van der Waals surface area contributed by atoms with Gasteiger partial charge in [-0.1, -0.05) is 0 Å². The number of amides is 2. The molecule has 0 unspecified atom stereocenters. The summed E-state index contributed by atoms with van der Waals surface area (Å²) in [5, 5.41) is 5.16. The Balaban J connectivity index is 2.00. The molecule has 26 heavy (non-hydrogen) atoms. The monoisotopic (exact) mass is 379 g/mol. The van der Waals surface area contributed by atoms with E-state index in [0.717, 1.165) is 24.3 Å². The maximum absolute atomic E-state index is 12.9. The predicted octanol–water partition coefficient (Wildman–Crippen LogP) is 2.09. The number of hydrogen-bond acceptors (Lipinski definition) is 4. The molecule has 0 aromatic heterocycles. The van der Waals surface area contributed by atoms with Gasteiger partial charge in [0.15, 0.2) is 0 Å². The smallest absolute Gasteiger partial charge is 0.242 e. The quantitative estimate of drug-likeness (QED) is 0.715. The normalized spacial score (nSPS) is 12.3. The minimum absolute atomic E-state index is 0.141. The summed E-state index contributed by atoms with van der Waals surface area (Å²) in [4.78, 5) is 23.0. The van der Waals surface area contributed by atoms with Gasteiger partial charge < -0.3 is 10.6 Å². The summed E-state index contributed by atoms with van der Waals surface area (Å²) in [5.41, 5.74) is 1.01. The lowest BCUT2D eigenvalue weighted by Crippen LogP contribution is -2.41. The minimum atomic E-state index is -3.96. The van der Waals surface area contributed by atoms with Crippen LogP contribution in [0.4, 0.5) is 15.8 Å². The van der Waals surface area contributed by atoms with Crippen LogP contribution in [0.5, 0.6) is 0 Å². The molecule has 138 valence electrons. The maximum Gasteiger partial charge on any atom is 0.242 e. The Morgan fingerprint density at radius 2 is 1.42 bits per heavy atom. The van der Waals surface area contributed by atoms with Gasteiger partial charge in [0.25, 0.3) is 0 Å². The molecule has 0 radical (unpaired) electrons. The van der Waals surface area contributed by atoms with Gasteiger partial charge in [0.1, 0.15) is 5.82 Å². The zero-order valence-electron chi connectivity index (χ0n) is 14.1. The highest BCUT2D eigenvalue weighted by molar-refractivity contribution is 7.89. The molecule has 3 N–H and O–H groups in total. The summed E-state index contributed by atoms with van der Waals surface area (Å²) >= 11 is 0. The summed E-state index contributed by atoms with van der Waals surface area (Å²) in [6, 6.07) is 9.57. The molecule has 0 heterocycles. The van der Waals surface area contributed by atoms with E-state index < -0.39 is 27.8 Å². The van der Waals surface area contributed by atoms with Crippen molar-refractivity contribution in [3.05, 3.63) is 54.3 Å².